The molecule has 0 heterocycles. The summed E-state index contributed by atoms with van der Waals surface area (Å²) >= 11 is 0. The van der Waals surface area contributed by atoms with E-state index in [0.717, 1.165) is 25.7 Å². The molecular weight excluding hydrogens is 396 g/mol. The minimum Gasteiger partial charge on any atom is -0.261 e. The van der Waals surface area contributed by atoms with Crippen LogP contribution < -0.4 is 0 Å². The molecule has 0 aromatic heterocycles. The van der Waals surface area contributed by atoms with Gasteiger partial charge in [0.1, 0.15) is 0 Å². The molecule has 168 valence electrons. The lowest BCUT2D eigenvalue weighted by Crippen LogP contribution is -2.50. The van der Waals surface area contributed by atoms with Crippen molar-refractivity contribution in [2.45, 2.75) is 76.7 Å². The van der Waals surface area contributed by atoms with Crippen molar-refractivity contribution >= 4 is 0 Å². The average molecular weight is 429 g/mol. The van der Waals surface area contributed by atoms with Crippen LogP contribution in [0.4, 0.5) is 0 Å². The fourth-order valence-corrected chi connectivity index (χ4v) is 3.88. The van der Waals surface area contributed by atoms with Gasteiger partial charge in [0.05, 0.1) is 33.8 Å². The van der Waals surface area contributed by atoms with E-state index in [2.05, 4.69) is 0 Å². The van der Waals surface area contributed by atoms with E-state index in [0.29, 0.717) is 24.0 Å². The van der Waals surface area contributed by atoms with Gasteiger partial charge in [-0.25, -0.2) is 4.74 Å². The quantitative estimate of drug-likeness (QED) is 0.150. The van der Waals surface area contributed by atoms with Gasteiger partial charge < -0.3 is 0 Å². The number of hydrogen-bond donors (Lipinski definition) is 0. The smallest absolute Gasteiger partial charge is 0.261 e. The van der Waals surface area contributed by atoms with Gasteiger partial charge in [-0.3, -0.25) is 20.2 Å². The first-order valence-corrected chi connectivity index (χ1v) is 11.0. The van der Waals surface area contributed by atoms with Crippen molar-refractivity contribution in [1.29, 1.82) is 0 Å². The Kier molecular flexibility index (Phi) is 9.12. The van der Waals surface area contributed by atoms with Gasteiger partial charge in [0, 0.05) is 0 Å². The van der Waals surface area contributed by atoms with Gasteiger partial charge in [-0.05, 0) is 37.1 Å². The van der Waals surface area contributed by atoms with Gasteiger partial charge in [0.2, 0.25) is 0 Å². The van der Waals surface area contributed by atoms with Crippen molar-refractivity contribution in [3.05, 3.63) is 92.0 Å². The largest absolute Gasteiger partial charge is 0.356 e. The first-order chi connectivity index (χ1) is 14.9. The van der Waals surface area contributed by atoms with Crippen LogP contribution in [0.25, 0.3) is 0 Å². The molecule has 31 heavy (non-hydrogen) atoms. The molecule has 0 saturated heterocycles. The molecule has 2 unspecified atom stereocenters. The summed E-state index contributed by atoms with van der Waals surface area (Å²) in [6.45, 7) is 4.01. The van der Waals surface area contributed by atoms with E-state index < -0.39 is 21.3 Å². The normalized spacial score (nSPS) is 15.0. The number of hydrogen-bond acceptors (Lipinski definition) is 5. The zero-order valence-corrected chi connectivity index (χ0v) is 18.4. The lowest BCUT2D eigenvalue weighted by atomic mass is 9.92. The maximum atomic E-state index is 12.5. The van der Waals surface area contributed by atoms with Crippen molar-refractivity contribution < 1.29 is 14.6 Å². The summed E-state index contributed by atoms with van der Waals surface area (Å²) in [7, 11) is 0. The van der Waals surface area contributed by atoms with E-state index >= 15 is 0 Å². The van der Waals surface area contributed by atoms with Crippen molar-refractivity contribution in [2.24, 2.45) is 0 Å². The van der Waals surface area contributed by atoms with E-state index in [4.69, 9.17) is 4.74 Å². The van der Waals surface area contributed by atoms with E-state index in [1.165, 1.54) is 0 Å². The number of nitrogens with zero attached hydrogens (tertiary/aromatic N) is 2. The molecular formula is C24H32N2O5. The molecule has 0 aliphatic carbocycles. The maximum Gasteiger partial charge on any atom is 0.356 e. The van der Waals surface area contributed by atoms with Crippen LogP contribution in [0.2, 0.25) is 0 Å². The molecule has 2 aromatic rings. The summed E-state index contributed by atoms with van der Waals surface area (Å²) in [6.07, 6.45) is 4.49. The summed E-state index contributed by atoms with van der Waals surface area (Å²) in [4.78, 5) is 24.1. The average Bonchev–Trinajstić information content (AvgIpc) is 2.78. The molecule has 2 aromatic carbocycles. The van der Waals surface area contributed by atoms with E-state index in [1.807, 2.05) is 13.8 Å². The molecule has 0 aliphatic rings. The molecule has 2 rings (SSSR count). The molecule has 0 aliphatic heterocycles. The van der Waals surface area contributed by atoms with Crippen LogP contribution in [0.15, 0.2) is 60.7 Å². The van der Waals surface area contributed by atoms with Crippen LogP contribution in [-0.4, -0.2) is 9.85 Å². The molecule has 7 nitrogen and oxygen atoms in total. The zero-order valence-electron chi connectivity index (χ0n) is 18.4. The third-order valence-electron chi connectivity index (χ3n) is 5.62. The summed E-state index contributed by atoms with van der Waals surface area (Å²) < 4.78 is 6.22. The van der Waals surface area contributed by atoms with Crippen molar-refractivity contribution in [3.8, 4) is 0 Å². The molecule has 7 heteroatoms. The van der Waals surface area contributed by atoms with E-state index in [1.54, 1.807) is 60.7 Å². The lowest BCUT2D eigenvalue weighted by Gasteiger charge is -2.34. The van der Waals surface area contributed by atoms with Crippen LogP contribution in [0.5, 0.6) is 0 Å². The highest BCUT2D eigenvalue weighted by atomic mass is 16.7. The predicted octanol–water partition coefficient (Wildman–Crippen LogP) is 6.42. The lowest BCUT2D eigenvalue weighted by molar-refractivity contribution is -0.729. The van der Waals surface area contributed by atoms with E-state index in [9.17, 15) is 20.2 Å². The van der Waals surface area contributed by atoms with Crippen LogP contribution in [0.3, 0.4) is 0 Å². The molecule has 0 radical (unpaired) electrons. The van der Waals surface area contributed by atoms with Crippen LogP contribution >= 0.6 is 0 Å². The summed E-state index contributed by atoms with van der Waals surface area (Å²) in [6, 6.07) is 16.8. The van der Waals surface area contributed by atoms with E-state index in [-0.39, 0.29) is 12.8 Å². The predicted molar refractivity (Wildman–Crippen MR) is 120 cm³/mol. The molecule has 0 saturated carbocycles. The van der Waals surface area contributed by atoms with Gasteiger partial charge >= 0.3 is 11.4 Å². The summed E-state index contributed by atoms with van der Waals surface area (Å²) in [5.74, 6) is 0. The number of nitro groups is 2. The van der Waals surface area contributed by atoms with Crippen molar-refractivity contribution in [2.75, 3.05) is 0 Å². The fraction of sp³-hybridized carbons (Fsp3) is 0.500. The van der Waals surface area contributed by atoms with Crippen molar-refractivity contribution in [3.63, 3.8) is 0 Å². The highest BCUT2D eigenvalue weighted by molar-refractivity contribution is 5.23. The minimum atomic E-state index is -2.01. The van der Waals surface area contributed by atoms with Crippen LogP contribution in [0, 0.1) is 20.2 Å². The Labute approximate surface area is 183 Å². The Morgan fingerprint density at radius 1 is 0.677 bits per heavy atom. The highest BCUT2D eigenvalue weighted by Gasteiger charge is 2.59. The second kappa shape index (κ2) is 11.6. The van der Waals surface area contributed by atoms with Gasteiger partial charge in [-0.2, -0.15) is 0 Å². The number of benzene rings is 2. The van der Waals surface area contributed by atoms with Crippen molar-refractivity contribution in [1.82, 2.24) is 0 Å². The summed E-state index contributed by atoms with van der Waals surface area (Å²) in [5, 5.41) is 25.1. The maximum absolute atomic E-state index is 12.5. The van der Waals surface area contributed by atoms with Gasteiger partial charge in [0.25, 0.3) is 0 Å². The zero-order chi connectivity index (χ0) is 22.7. The Morgan fingerprint density at radius 3 is 1.32 bits per heavy atom. The standard InChI is InChI=1S/C24H32N2O5/c1-3-5-13-19-23(25(27)28,21-15-9-7-10-16-21)31-24(26(29)30,20-14-6-4-2)22-17-11-8-12-18-22/h7-12,15-18H,3-6,13-14,19-20H2,1-2H3. The molecule has 0 N–H and O–H groups in total. The third-order valence-corrected chi connectivity index (χ3v) is 5.62. The number of rotatable bonds is 14. The van der Waals surface area contributed by atoms with Crippen LogP contribution in [0.1, 0.15) is 76.3 Å². The second-order valence-electron chi connectivity index (χ2n) is 7.83. The topological polar surface area (TPSA) is 95.5 Å². The first-order valence-electron chi connectivity index (χ1n) is 11.0. The Balaban J connectivity index is 2.65. The van der Waals surface area contributed by atoms with Crippen LogP contribution in [-0.2, 0) is 16.2 Å². The van der Waals surface area contributed by atoms with Gasteiger partial charge in [0.15, 0.2) is 0 Å². The Morgan fingerprint density at radius 2 is 1.03 bits per heavy atom. The SMILES string of the molecule is CCCCCC(OC(CCCCC)(c1ccccc1)[N+](=O)[O-])(c1ccccc1)[N+](=O)[O-]. The first kappa shape index (κ1) is 24.5. The number of unbranched alkanes of at least 4 members (excludes halogenated alkanes) is 4. The third kappa shape index (κ3) is 5.67. The molecule has 0 bridgehead atoms. The Bertz CT molecular complexity index is 761. The minimum absolute atomic E-state index is 0.0635. The molecule has 0 spiro atoms. The highest BCUT2D eigenvalue weighted by Crippen LogP contribution is 2.43. The van der Waals surface area contributed by atoms with Gasteiger partial charge in [-0.1, -0.05) is 75.9 Å². The fourth-order valence-electron chi connectivity index (χ4n) is 3.88. The van der Waals surface area contributed by atoms with Gasteiger partial charge in [-0.15, -0.1) is 0 Å². The summed E-state index contributed by atoms with van der Waals surface area (Å²) in [5.41, 5.74) is -3.36. The Hall–Kier alpha value is -2.80. The molecule has 0 amide bonds. The monoisotopic (exact) mass is 428 g/mol. The molecule has 0 fully saturated rings. The number of ether oxygens (including phenoxy) is 1. The molecule has 2 atom stereocenters. The second-order valence-corrected chi connectivity index (χ2v) is 7.83.